The van der Waals surface area contributed by atoms with Gasteiger partial charge in [-0.25, -0.2) is 4.98 Å². The van der Waals surface area contributed by atoms with Crippen LogP contribution in [0.15, 0.2) is 12.4 Å². The van der Waals surface area contributed by atoms with Crippen molar-refractivity contribution in [1.82, 2.24) is 9.55 Å². The molecule has 3 heteroatoms. The Morgan fingerprint density at radius 3 is 2.63 bits per heavy atom. The Kier molecular flexibility index (Phi) is 5.74. The van der Waals surface area contributed by atoms with Crippen molar-refractivity contribution in [3.05, 3.63) is 12.4 Å². The van der Waals surface area contributed by atoms with Gasteiger partial charge in [0.1, 0.15) is 0 Å². The van der Waals surface area contributed by atoms with Crippen LogP contribution < -0.4 is 5.32 Å². The van der Waals surface area contributed by atoms with E-state index in [1.54, 1.807) is 0 Å². The van der Waals surface area contributed by atoms with Gasteiger partial charge in [-0.15, -0.1) is 0 Å². The van der Waals surface area contributed by atoms with E-state index < -0.39 is 0 Å². The summed E-state index contributed by atoms with van der Waals surface area (Å²) in [7, 11) is 0. The molecule has 1 aromatic rings. The first-order valence-electron chi connectivity index (χ1n) is 8.08. The first kappa shape index (κ1) is 14.4. The van der Waals surface area contributed by atoms with Crippen LogP contribution in [0.3, 0.4) is 0 Å². The summed E-state index contributed by atoms with van der Waals surface area (Å²) in [6.45, 7) is 6.73. The van der Waals surface area contributed by atoms with Gasteiger partial charge in [0.2, 0.25) is 5.95 Å². The fourth-order valence-corrected chi connectivity index (χ4v) is 3.10. The Morgan fingerprint density at radius 2 is 1.95 bits per heavy atom. The Hall–Kier alpha value is -0.990. The lowest BCUT2D eigenvalue weighted by Crippen LogP contribution is -2.19. The van der Waals surface area contributed by atoms with Crippen LogP contribution in [-0.4, -0.2) is 16.1 Å². The molecule has 0 radical (unpaired) electrons. The van der Waals surface area contributed by atoms with Crippen LogP contribution in [0.4, 0.5) is 5.95 Å². The molecule has 3 nitrogen and oxygen atoms in total. The average molecular weight is 263 g/mol. The van der Waals surface area contributed by atoms with E-state index in [9.17, 15) is 0 Å². The smallest absolute Gasteiger partial charge is 0.202 e. The van der Waals surface area contributed by atoms with Crippen LogP contribution in [0.2, 0.25) is 0 Å². The summed E-state index contributed by atoms with van der Waals surface area (Å²) in [6, 6.07) is 0. The van der Waals surface area contributed by atoms with Gasteiger partial charge in [0.15, 0.2) is 0 Å². The lowest BCUT2D eigenvalue weighted by Gasteiger charge is -2.28. The second-order valence-electron chi connectivity index (χ2n) is 5.98. The Labute approximate surface area is 117 Å². The predicted molar refractivity (Wildman–Crippen MR) is 81.4 cm³/mol. The first-order valence-corrected chi connectivity index (χ1v) is 8.08. The SMILES string of the molecule is CCCCNc1nccn1CC1CCC(CC)CC1. The van der Waals surface area contributed by atoms with Crippen molar-refractivity contribution in [2.24, 2.45) is 11.8 Å². The number of rotatable bonds is 7. The van der Waals surface area contributed by atoms with E-state index in [1.165, 1.54) is 44.9 Å². The van der Waals surface area contributed by atoms with E-state index in [4.69, 9.17) is 0 Å². The van der Waals surface area contributed by atoms with Crippen LogP contribution in [-0.2, 0) is 6.54 Å². The number of nitrogens with zero attached hydrogens (tertiary/aromatic N) is 2. The highest BCUT2D eigenvalue weighted by molar-refractivity contribution is 5.25. The molecule has 0 aromatic carbocycles. The third kappa shape index (κ3) is 4.26. The highest BCUT2D eigenvalue weighted by Gasteiger charge is 2.20. The number of imidazole rings is 1. The minimum absolute atomic E-state index is 0.851. The molecule has 0 amide bonds. The summed E-state index contributed by atoms with van der Waals surface area (Å²) in [4.78, 5) is 4.44. The zero-order valence-corrected chi connectivity index (χ0v) is 12.6. The summed E-state index contributed by atoms with van der Waals surface area (Å²) in [6.07, 6.45) is 13.5. The van der Waals surface area contributed by atoms with Gasteiger partial charge in [-0.05, 0) is 31.1 Å². The minimum Gasteiger partial charge on any atom is -0.356 e. The maximum Gasteiger partial charge on any atom is 0.202 e. The number of hydrogen-bond donors (Lipinski definition) is 1. The fraction of sp³-hybridized carbons (Fsp3) is 0.812. The molecule has 0 saturated heterocycles. The number of anilines is 1. The van der Waals surface area contributed by atoms with Crippen LogP contribution in [0.25, 0.3) is 0 Å². The molecule has 1 saturated carbocycles. The van der Waals surface area contributed by atoms with Gasteiger partial charge in [0.05, 0.1) is 0 Å². The van der Waals surface area contributed by atoms with Gasteiger partial charge in [0.25, 0.3) is 0 Å². The molecule has 1 aromatic heterocycles. The zero-order valence-electron chi connectivity index (χ0n) is 12.6. The van der Waals surface area contributed by atoms with Gasteiger partial charge in [0, 0.05) is 25.5 Å². The summed E-state index contributed by atoms with van der Waals surface area (Å²) in [5.41, 5.74) is 0. The molecule has 0 unspecified atom stereocenters. The largest absolute Gasteiger partial charge is 0.356 e. The number of nitrogens with one attached hydrogen (secondary N) is 1. The number of unbranched alkanes of at least 4 members (excludes halogenated alkanes) is 1. The van der Waals surface area contributed by atoms with Crippen LogP contribution >= 0.6 is 0 Å². The van der Waals surface area contributed by atoms with Crippen LogP contribution in [0.1, 0.15) is 58.8 Å². The number of aromatic nitrogens is 2. The molecular weight excluding hydrogens is 234 g/mol. The topological polar surface area (TPSA) is 29.9 Å². The molecule has 1 aliphatic carbocycles. The maximum absolute atomic E-state index is 4.44. The van der Waals surface area contributed by atoms with E-state index in [0.717, 1.165) is 30.9 Å². The van der Waals surface area contributed by atoms with Crippen molar-refractivity contribution in [3.63, 3.8) is 0 Å². The van der Waals surface area contributed by atoms with Crippen molar-refractivity contribution in [1.29, 1.82) is 0 Å². The van der Waals surface area contributed by atoms with Crippen molar-refractivity contribution >= 4 is 5.95 Å². The van der Waals surface area contributed by atoms with E-state index in [1.807, 2.05) is 6.20 Å². The second-order valence-corrected chi connectivity index (χ2v) is 5.98. The molecule has 1 aliphatic rings. The molecule has 0 atom stereocenters. The third-order valence-electron chi connectivity index (χ3n) is 4.53. The third-order valence-corrected chi connectivity index (χ3v) is 4.53. The molecule has 0 bridgehead atoms. The lowest BCUT2D eigenvalue weighted by atomic mass is 9.81. The van der Waals surface area contributed by atoms with Gasteiger partial charge in [-0.2, -0.15) is 0 Å². The average Bonchev–Trinajstić information content (AvgIpc) is 2.87. The van der Waals surface area contributed by atoms with Crippen LogP contribution in [0.5, 0.6) is 0 Å². The van der Waals surface area contributed by atoms with Gasteiger partial charge >= 0.3 is 0 Å². The fourth-order valence-electron chi connectivity index (χ4n) is 3.10. The normalized spacial score (nSPS) is 23.5. The van der Waals surface area contributed by atoms with Crippen LogP contribution in [0, 0.1) is 11.8 Å². The van der Waals surface area contributed by atoms with Crippen molar-refractivity contribution in [2.45, 2.75) is 65.3 Å². The summed E-state index contributed by atoms with van der Waals surface area (Å²) < 4.78 is 2.31. The Balaban J connectivity index is 1.81. The highest BCUT2D eigenvalue weighted by atomic mass is 15.2. The summed E-state index contributed by atoms with van der Waals surface area (Å²) in [5.74, 6) is 2.90. The van der Waals surface area contributed by atoms with Gasteiger partial charge < -0.3 is 9.88 Å². The quantitative estimate of drug-likeness (QED) is 0.743. The Morgan fingerprint density at radius 1 is 1.21 bits per heavy atom. The number of hydrogen-bond acceptors (Lipinski definition) is 2. The molecule has 0 spiro atoms. The monoisotopic (exact) mass is 263 g/mol. The van der Waals surface area contributed by atoms with E-state index in [2.05, 4.69) is 34.9 Å². The standard InChI is InChI=1S/C16H29N3/c1-3-5-10-17-16-18-11-12-19(16)13-15-8-6-14(4-2)7-9-15/h11-12,14-15H,3-10,13H2,1-2H3,(H,17,18). The van der Waals surface area contributed by atoms with Gasteiger partial charge in [-0.3, -0.25) is 0 Å². The summed E-state index contributed by atoms with van der Waals surface area (Å²) in [5, 5.41) is 3.46. The van der Waals surface area contributed by atoms with E-state index >= 15 is 0 Å². The van der Waals surface area contributed by atoms with Crippen molar-refractivity contribution in [2.75, 3.05) is 11.9 Å². The van der Waals surface area contributed by atoms with Gasteiger partial charge in [-0.1, -0.05) is 39.5 Å². The molecule has 1 heterocycles. The molecular formula is C16H29N3. The Bertz CT molecular complexity index is 351. The summed E-state index contributed by atoms with van der Waals surface area (Å²) >= 11 is 0. The second kappa shape index (κ2) is 7.56. The highest BCUT2D eigenvalue weighted by Crippen LogP contribution is 2.31. The predicted octanol–water partition coefficient (Wildman–Crippen LogP) is 4.31. The zero-order chi connectivity index (χ0) is 13.5. The first-order chi connectivity index (χ1) is 9.33. The van der Waals surface area contributed by atoms with Crippen molar-refractivity contribution in [3.8, 4) is 0 Å². The minimum atomic E-state index is 0.851. The molecule has 19 heavy (non-hydrogen) atoms. The molecule has 2 rings (SSSR count). The molecule has 108 valence electrons. The lowest BCUT2D eigenvalue weighted by molar-refractivity contribution is 0.248. The molecule has 1 fully saturated rings. The van der Waals surface area contributed by atoms with Crippen molar-refractivity contribution < 1.29 is 0 Å². The molecule has 0 aliphatic heterocycles. The van der Waals surface area contributed by atoms with E-state index in [-0.39, 0.29) is 0 Å². The maximum atomic E-state index is 4.44. The molecule has 1 N–H and O–H groups in total. The van der Waals surface area contributed by atoms with E-state index in [0.29, 0.717) is 0 Å².